The zero-order valence-corrected chi connectivity index (χ0v) is 6.75. The van der Waals surface area contributed by atoms with Gasteiger partial charge in [-0.15, -0.1) is 0 Å². The molecule has 0 aliphatic heterocycles. The van der Waals surface area contributed by atoms with E-state index in [0.717, 1.165) is 6.29 Å². The lowest BCUT2D eigenvalue weighted by Crippen LogP contribution is -1.98. The fraction of sp³-hybridized carbons (Fsp3) is 0.333. The lowest BCUT2D eigenvalue weighted by Gasteiger charge is -1.94. The summed E-state index contributed by atoms with van der Waals surface area (Å²) >= 11 is 0. The number of aromatic nitrogens is 1. The summed E-state index contributed by atoms with van der Waals surface area (Å²) < 4.78 is 0. The van der Waals surface area contributed by atoms with Gasteiger partial charge in [0.05, 0.1) is 5.69 Å². The van der Waals surface area contributed by atoms with E-state index in [9.17, 15) is 9.59 Å². The number of ketones is 1. The molecule has 64 valence electrons. The zero-order valence-electron chi connectivity index (χ0n) is 6.75. The van der Waals surface area contributed by atoms with Crippen LogP contribution >= 0.6 is 0 Å². The van der Waals surface area contributed by atoms with Gasteiger partial charge in [-0.1, -0.05) is 0 Å². The quantitative estimate of drug-likeness (QED) is 0.409. The van der Waals surface area contributed by atoms with Crippen molar-refractivity contribution in [2.75, 3.05) is 0 Å². The molecule has 3 nitrogen and oxygen atoms in total. The van der Waals surface area contributed by atoms with Crippen LogP contribution in [0.1, 0.15) is 29.8 Å². The van der Waals surface area contributed by atoms with Gasteiger partial charge >= 0.3 is 0 Å². The molecule has 0 unspecified atom stereocenters. The van der Waals surface area contributed by atoms with Gasteiger partial charge in [0, 0.05) is 19.0 Å². The van der Waals surface area contributed by atoms with Crippen molar-refractivity contribution in [1.29, 1.82) is 0 Å². The lowest BCUT2D eigenvalue weighted by molar-refractivity contribution is -0.107. The number of H-pyrrole nitrogens is 1. The number of rotatable bonds is 5. The minimum Gasteiger partial charge on any atom is -0.359 e. The van der Waals surface area contributed by atoms with Crippen LogP contribution in [0, 0.1) is 0 Å². The summed E-state index contributed by atoms with van der Waals surface area (Å²) in [5.41, 5.74) is 0.626. The van der Waals surface area contributed by atoms with Gasteiger partial charge in [0.2, 0.25) is 0 Å². The van der Waals surface area contributed by atoms with Crippen molar-refractivity contribution in [3.63, 3.8) is 0 Å². The van der Waals surface area contributed by atoms with Gasteiger partial charge in [-0.2, -0.15) is 0 Å². The predicted octanol–water partition coefficient (Wildman–Crippen LogP) is 1.57. The maximum Gasteiger partial charge on any atom is 0.179 e. The first kappa shape index (κ1) is 8.71. The molecule has 0 bridgehead atoms. The fourth-order valence-corrected chi connectivity index (χ4v) is 0.984. The number of nitrogens with one attached hydrogen (secondary N) is 1. The van der Waals surface area contributed by atoms with Gasteiger partial charge < -0.3 is 9.78 Å². The van der Waals surface area contributed by atoms with E-state index in [2.05, 4.69) is 4.98 Å². The van der Waals surface area contributed by atoms with E-state index in [-0.39, 0.29) is 5.78 Å². The van der Waals surface area contributed by atoms with E-state index < -0.39 is 0 Å². The Hall–Kier alpha value is -1.38. The van der Waals surface area contributed by atoms with E-state index >= 15 is 0 Å². The van der Waals surface area contributed by atoms with Crippen LogP contribution in [-0.4, -0.2) is 17.1 Å². The molecule has 1 aromatic heterocycles. The summed E-state index contributed by atoms with van der Waals surface area (Å²) in [5, 5.41) is 0. The Labute approximate surface area is 70.8 Å². The van der Waals surface area contributed by atoms with Crippen LogP contribution in [0.15, 0.2) is 18.3 Å². The first-order chi connectivity index (χ1) is 5.84. The molecule has 1 rings (SSSR count). The number of unbranched alkanes of at least 4 members (excludes halogenated alkanes) is 1. The monoisotopic (exact) mass is 165 g/mol. The maximum atomic E-state index is 11.2. The van der Waals surface area contributed by atoms with E-state index in [1.807, 2.05) is 0 Å². The predicted molar refractivity (Wildman–Crippen MR) is 45.0 cm³/mol. The van der Waals surface area contributed by atoms with E-state index in [1.165, 1.54) is 0 Å². The molecular weight excluding hydrogens is 154 g/mol. The summed E-state index contributed by atoms with van der Waals surface area (Å²) in [4.78, 5) is 24.0. The molecular formula is C9H11NO2. The number of hydrogen-bond acceptors (Lipinski definition) is 2. The van der Waals surface area contributed by atoms with Gasteiger partial charge in [-0.25, -0.2) is 0 Å². The van der Waals surface area contributed by atoms with E-state index in [0.29, 0.717) is 25.0 Å². The Balaban J connectivity index is 2.34. The Morgan fingerprint density at radius 3 is 3.00 bits per heavy atom. The van der Waals surface area contributed by atoms with Crippen molar-refractivity contribution in [2.45, 2.75) is 19.3 Å². The highest BCUT2D eigenvalue weighted by molar-refractivity contribution is 5.94. The molecule has 0 amide bonds. The van der Waals surface area contributed by atoms with Gasteiger partial charge in [0.1, 0.15) is 6.29 Å². The summed E-state index contributed by atoms with van der Waals surface area (Å²) in [6.45, 7) is 0. The summed E-state index contributed by atoms with van der Waals surface area (Å²) in [5.74, 6) is 0.0712. The molecule has 1 aromatic rings. The second-order valence-electron chi connectivity index (χ2n) is 2.57. The Morgan fingerprint density at radius 2 is 2.42 bits per heavy atom. The molecule has 1 N–H and O–H groups in total. The number of carbonyl (C=O) groups is 2. The standard InChI is InChI=1S/C9H11NO2/c11-7-2-1-5-9(12)8-4-3-6-10-8/h3-4,6-7,10H,1-2,5H2. The number of aromatic amines is 1. The normalized spacial score (nSPS) is 9.67. The fourth-order valence-electron chi connectivity index (χ4n) is 0.984. The molecule has 0 spiro atoms. The van der Waals surface area contributed by atoms with Crippen molar-refractivity contribution in [3.05, 3.63) is 24.0 Å². The third kappa shape index (κ3) is 2.34. The first-order valence-corrected chi connectivity index (χ1v) is 3.95. The van der Waals surface area contributed by atoms with Crippen LogP contribution in [0.4, 0.5) is 0 Å². The van der Waals surface area contributed by atoms with Crippen LogP contribution < -0.4 is 0 Å². The Bertz CT molecular complexity index is 252. The summed E-state index contributed by atoms with van der Waals surface area (Å²) in [6, 6.07) is 3.52. The molecule has 0 aliphatic carbocycles. The number of Topliss-reactive ketones (excluding diaryl/α,β-unsaturated/α-hetero) is 1. The average molecular weight is 165 g/mol. The Kier molecular flexibility index (Phi) is 3.26. The lowest BCUT2D eigenvalue weighted by atomic mass is 10.1. The molecule has 0 aromatic carbocycles. The van der Waals surface area contributed by atoms with Gasteiger partial charge in [0.15, 0.2) is 5.78 Å². The highest BCUT2D eigenvalue weighted by Crippen LogP contribution is 2.03. The van der Waals surface area contributed by atoms with Gasteiger partial charge in [0.25, 0.3) is 0 Å². The third-order valence-electron chi connectivity index (χ3n) is 1.62. The van der Waals surface area contributed by atoms with Crippen molar-refractivity contribution >= 4 is 12.1 Å². The van der Waals surface area contributed by atoms with Crippen LogP contribution in [0.25, 0.3) is 0 Å². The first-order valence-electron chi connectivity index (χ1n) is 3.95. The third-order valence-corrected chi connectivity index (χ3v) is 1.62. The maximum absolute atomic E-state index is 11.2. The highest BCUT2D eigenvalue weighted by atomic mass is 16.1. The second kappa shape index (κ2) is 4.49. The van der Waals surface area contributed by atoms with Crippen molar-refractivity contribution in [2.24, 2.45) is 0 Å². The smallest absolute Gasteiger partial charge is 0.179 e. The highest BCUT2D eigenvalue weighted by Gasteiger charge is 2.04. The SMILES string of the molecule is O=CCCCC(=O)c1ccc[nH]1. The molecule has 1 heterocycles. The molecule has 0 fully saturated rings. The molecule has 0 atom stereocenters. The van der Waals surface area contributed by atoms with Crippen LogP contribution in [-0.2, 0) is 4.79 Å². The number of carbonyl (C=O) groups excluding carboxylic acids is 2. The molecule has 0 saturated heterocycles. The van der Waals surface area contributed by atoms with Crippen LogP contribution in [0.2, 0.25) is 0 Å². The van der Waals surface area contributed by atoms with Gasteiger partial charge in [-0.05, 0) is 18.6 Å². The second-order valence-corrected chi connectivity index (χ2v) is 2.57. The van der Waals surface area contributed by atoms with Crippen LogP contribution in [0.3, 0.4) is 0 Å². The van der Waals surface area contributed by atoms with Crippen molar-refractivity contribution in [1.82, 2.24) is 4.98 Å². The molecule has 0 aliphatic rings. The minimum absolute atomic E-state index is 0.0712. The molecule has 0 saturated carbocycles. The summed E-state index contributed by atoms with van der Waals surface area (Å²) in [6.07, 6.45) is 4.10. The molecule has 12 heavy (non-hydrogen) atoms. The van der Waals surface area contributed by atoms with Crippen molar-refractivity contribution < 1.29 is 9.59 Å². The number of aldehydes is 1. The van der Waals surface area contributed by atoms with Gasteiger partial charge in [-0.3, -0.25) is 4.79 Å². The number of hydrogen-bond donors (Lipinski definition) is 1. The minimum atomic E-state index is 0.0712. The largest absolute Gasteiger partial charge is 0.359 e. The zero-order chi connectivity index (χ0) is 8.81. The van der Waals surface area contributed by atoms with Crippen molar-refractivity contribution in [3.8, 4) is 0 Å². The summed E-state index contributed by atoms with van der Waals surface area (Å²) in [7, 11) is 0. The molecule has 3 heteroatoms. The van der Waals surface area contributed by atoms with E-state index in [1.54, 1.807) is 18.3 Å². The topological polar surface area (TPSA) is 49.9 Å². The Morgan fingerprint density at radius 1 is 1.58 bits per heavy atom. The molecule has 0 radical (unpaired) electrons. The van der Waals surface area contributed by atoms with Crippen LogP contribution in [0.5, 0.6) is 0 Å². The average Bonchev–Trinajstić information content (AvgIpc) is 2.56. The van der Waals surface area contributed by atoms with E-state index in [4.69, 9.17) is 0 Å².